The number of nitrogens with one attached hydrogen (secondary N) is 1. The monoisotopic (exact) mass is 399 g/mol. The number of likely N-dealkylation sites (N-methyl/N-ethyl adjacent to an activating group) is 1. The maximum Gasteiger partial charge on any atom is 0.181 e. The van der Waals surface area contributed by atoms with Crippen molar-refractivity contribution in [1.29, 1.82) is 0 Å². The average Bonchev–Trinajstić information content (AvgIpc) is 3.30. The molecule has 5 nitrogen and oxygen atoms in total. The van der Waals surface area contributed by atoms with Gasteiger partial charge in [0.15, 0.2) is 5.82 Å². The van der Waals surface area contributed by atoms with E-state index in [0.29, 0.717) is 0 Å². The second-order valence-corrected chi connectivity index (χ2v) is 9.28. The average molecular weight is 400 g/mol. The third-order valence-corrected chi connectivity index (χ3v) is 6.19. The van der Waals surface area contributed by atoms with Crippen LogP contribution in [-0.2, 0) is 24.9 Å². The molecule has 0 aliphatic carbocycles. The van der Waals surface area contributed by atoms with Gasteiger partial charge in [0.25, 0.3) is 0 Å². The van der Waals surface area contributed by atoms with Gasteiger partial charge in [-0.2, -0.15) is 5.10 Å². The largest absolute Gasteiger partial charge is 0.343 e. The van der Waals surface area contributed by atoms with Crippen LogP contribution in [0.3, 0.4) is 0 Å². The zero-order valence-corrected chi connectivity index (χ0v) is 18.2. The summed E-state index contributed by atoms with van der Waals surface area (Å²) >= 11 is 0. The number of aromatic amines is 1. The molecule has 0 bridgehead atoms. The van der Waals surface area contributed by atoms with Crippen LogP contribution >= 0.6 is 0 Å². The molecule has 0 unspecified atom stereocenters. The minimum Gasteiger partial charge on any atom is -0.343 e. The number of nitrogens with zero attached hydrogens (tertiary/aromatic N) is 4. The molecule has 4 aromatic rings. The van der Waals surface area contributed by atoms with Gasteiger partial charge in [-0.3, -0.25) is 5.10 Å². The fraction of sp³-hybridized carbons (Fsp3) is 0.360. The molecule has 3 heterocycles. The molecule has 2 aromatic heterocycles. The first-order valence-electron chi connectivity index (χ1n) is 10.7. The Morgan fingerprint density at radius 3 is 2.70 bits per heavy atom. The molecule has 2 aromatic carbocycles. The lowest BCUT2D eigenvalue weighted by atomic mass is 9.82. The molecule has 30 heavy (non-hydrogen) atoms. The molecule has 0 spiro atoms. The Kier molecular flexibility index (Phi) is 4.51. The fourth-order valence-corrected chi connectivity index (χ4v) is 5.12. The van der Waals surface area contributed by atoms with Crippen LogP contribution in [-0.4, -0.2) is 38.2 Å². The predicted molar refractivity (Wildman–Crippen MR) is 122 cm³/mol. The molecule has 5 rings (SSSR count). The van der Waals surface area contributed by atoms with Gasteiger partial charge >= 0.3 is 0 Å². The zero-order chi connectivity index (χ0) is 20.9. The summed E-state index contributed by atoms with van der Waals surface area (Å²) in [5.74, 6) is 1.70. The van der Waals surface area contributed by atoms with Crippen molar-refractivity contribution in [1.82, 2.24) is 24.6 Å². The maximum atomic E-state index is 4.75. The summed E-state index contributed by atoms with van der Waals surface area (Å²) < 4.78 is 2.53. The Morgan fingerprint density at radius 2 is 1.90 bits per heavy atom. The smallest absolute Gasteiger partial charge is 0.181 e. The molecule has 0 atom stereocenters. The minimum absolute atomic E-state index is 0.103. The summed E-state index contributed by atoms with van der Waals surface area (Å²) in [4.78, 5) is 7.19. The SMILES string of the molecule is Cc1ccc2c(c1)c1c(n2CCc2nc(-c3ccccc3)n[nH]2)C(C)(C)CN(C)C1. The van der Waals surface area contributed by atoms with Crippen LogP contribution in [0, 0.1) is 6.92 Å². The van der Waals surface area contributed by atoms with Gasteiger partial charge in [-0.1, -0.05) is 55.8 Å². The van der Waals surface area contributed by atoms with E-state index in [-0.39, 0.29) is 5.41 Å². The van der Waals surface area contributed by atoms with Crippen LogP contribution in [0.25, 0.3) is 22.3 Å². The minimum atomic E-state index is 0.103. The summed E-state index contributed by atoms with van der Waals surface area (Å²) in [5.41, 5.74) is 6.75. The van der Waals surface area contributed by atoms with Crippen LogP contribution in [0.2, 0.25) is 0 Å². The molecule has 5 heteroatoms. The first-order valence-corrected chi connectivity index (χ1v) is 10.7. The van der Waals surface area contributed by atoms with Gasteiger partial charge in [0, 0.05) is 53.6 Å². The molecule has 0 fully saturated rings. The van der Waals surface area contributed by atoms with Gasteiger partial charge in [-0.15, -0.1) is 0 Å². The van der Waals surface area contributed by atoms with E-state index < -0.39 is 0 Å². The zero-order valence-electron chi connectivity index (χ0n) is 18.2. The van der Waals surface area contributed by atoms with Crippen molar-refractivity contribution in [3.05, 3.63) is 71.2 Å². The van der Waals surface area contributed by atoms with Crippen molar-refractivity contribution in [2.75, 3.05) is 13.6 Å². The summed E-state index contributed by atoms with van der Waals surface area (Å²) in [6, 6.07) is 17.0. The normalized spacial score (nSPS) is 16.1. The number of aryl methyl sites for hydroxylation is 3. The maximum absolute atomic E-state index is 4.75. The highest BCUT2D eigenvalue weighted by Crippen LogP contribution is 2.39. The van der Waals surface area contributed by atoms with Crippen LogP contribution in [0.1, 0.15) is 36.5 Å². The van der Waals surface area contributed by atoms with Gasteiger partial charge in [0.1, 0.15) is 5.82 Å². The van der Waals surface area contributed by atoms with Gasteiger partial charge in [0.05, 0.1) is 0 Å². The number of aromatic nitrogens is 4. The Bertz CT molecular complexity index is 1200. The molecule has 1 N–H and O–H groups in total. The van der Waals surface area contributed by atoms with Gasteiger partial charge in [0.2, 0.25) is 0 Å². The van der Waals surface area contributed by atoms with Crippen molar-refractivity contribution < 1.29 is 0 Å². The molecular formula is C25H29N5. The fourth-order valence-electron chi connectivity index (χ4n) is 5.12. The third-order valence-electron chi connectivity index (χ3n) is 6.19. The molecular weight excluding hydrogens is 370 g/mol. The van der Waals surface area contributed by atoms with E-state index in [1.165, 1.54) is 27.7 Å². The lowest BCUT2D eigenvalue weighted by molar-refractivity contribution is 0.228. The van der Waals surface area contributed by atoms with Crippen LogP contribution in [0.4, 0.5) is 0 Å². The second kappa shape index (κ2) is 7.10. The third kappa shape index (κ3) is 3.23. The first-order chi connectivity index (χ1) is 14.4. The van der Waals surface area contributed by atoms with Gasteiger partial charge in [-0.25, -0.2) is 4.98 Å². The van der Waals surface area contributed by atoms with Crippen molar-refractivity contribution in [3.63, 3.8) is 0 Å². The highest BCUT2D eigenvalue weighted by molar-refractivity contribution is 5.87. The van der Waals surface area contributed by atoms with E-state index in [0.717, 1.165) is 43.3 Å². The molecule has 154 valence electrons. The summed E-state index contributed by atoms with van der Waals surface area (Å²) in [7, 11) is 2.23. The molecule has 1 aliphatic heterocycles. The number of rotatable bonds is 4. The van der Waals surface area contributed by atoms with Crippen LogP contribution in [0.15, 0.2) is 48.5 Å². The Balaban J connectivity index is 1.52. The van der Waals surface area contributed by atoms with E-state index in [2.05, 4.69) is 65.7 Å². The predicted octanol–water partition coefficient (Wildman–Crippen LogP) is 4.70. The Hall–Kier alpha value is -2.92. The number of hydrogen-bond acceptors (Lipinski definition) is 3. The van der Waals surface area contributed by atoms with Crippen molar-refractivity contribution >= 4 is 10.9 Å². The van der Waals surface area contributed by atoms with E-state index in [1.54, 1.807) is 0 Å². The van der Waals surface area contributed by atoms with Gasteiger partial charge in [-0.05, 0) is 31.7 Å². The van der Waals surface area contributed by atoms with Crippen molar-refractivity contribution in [2.24, 2.45) is 0 Å². The number of H-pyrrole nitrogens is 1. The lowest BCUT2D eigenvalue weighted by Crippen LogP contribution is -2.41. The molecule has 0 amide bonds. The quantitative estimate of drug-likeness (QED) is 0.541. The summed E-state index contributed by atoms with van der Waals surface area (Å²) in [6.07, 6.45) is 0.829. The van der Waals surface area contributed by atoms with Crippen LogP contribution in [0.5, 0.6) is 0 Å². The van der Waals surface area contributed by atoms with Crippen molar-refractivity contribution in [3.8, 4) is 11.4 Å². The highest BCUT2D eigenvalue weighted by Gasteiger charge is 2.35. The molecule has 0 saturated heterocycles. The second-order valence-electron chi connectivity index (χ2n) is 9.28. The Labute approximate surface area is 177 Å². The number of fused-ring (bicyclic) bond motifs is 3. The van der Waals surface area contributed by atoms with Crippen LogP contribution < -0.4 is 0 Å². The van der Waals surface area contributed by atoms with E-state index >= 15 is 0 Å². The van der Waals surface area contributed by atoms with E-state index in [4.69, 9.17) is 4.98 Å². The highest BCUT2D eigenvalue weighted by atomic mass is 15.2. The Morgan fingerprint density at radius 1 is 1.10 bits per heavy atom. The van der Waals surface area contributed by atoms with Crippen molar-refractivity contribution in [2.45, 2.75) is 45.7 Å². The molecule has 0 radical (unpaired) electrons. The lowest BCUT2D eigenvalue weighted by Gasteiger charge is -2.37. The number of hydrogen-bond donors (Lipinski definition) is 1. The van der Waals surface area contributed by atoms with E-state index in [9.17, 15) is 0 Å². The van der Waals surface area contributed by atoms with Gasteiger partial charge < -0.3 is 9.47 Å². The topological polar surface area (TPSA) is 49.7 Å². The van der Waals surface area contributed by atoms with E-state index in [1.807, 2.05) is 30.3 Å². The molecule has 1 aliphatic rings. The number of benzene rings is 2. The first kappa shape index (κ1) is 19.1. The standard InChI is InChI=1S/C25H29N5/c1-17-10-11-21-19(14-17)20-15-29(4)16-25(2,3)23(20)30(21)13-12-22-26-24(28-27-22)18-8-6-5-7-9-18/h5-11,14H,12-13,15-16H2,1-4H3,(H,26,27,28). The summed E-state index contributed by atoms with van der Waals surface area (Å²) in [5, 5.41) is 8.98. The molecule has 0 saturated carbocycles. The summed E-state index contributed by atoms with van der Waals surface area (Å²) in [6.45, 7) is 9.88.